The van der Waals surface area contributed by atoms with Crippen LogP contribution in [-0.2, 0) is 31.2 Å². The van der Waals surface area contributed by atoms with Gasteiger partial charge in [-0.2, -0.15) is 5.01 Å². The lowest BCUT2D eigenvalue weighted by molar-refractivity contribution is -0.138. The molecule has 2 aliphatic heterocycles. The van der Waals surface area contributed by atoms with Crippen LogP contribution < -0.4 is 10.3 Å². The summed E-state index contributed by atoms with van der Waals surface area (Å²) in [6.07, 6.45) is 2.11. The van der Waals surface area contributed by atoms with Crippen molar-refractivity contribution >= 4 is 41.0 Å². The highest BCUT2D eigenvalue weighted by Crippen LogP contribution is 2.64. The monoisotopic (exact) mass is 687 g/mol. The van der Waals surface area contributed by atoms with Gasteiger partial charge >= 0.3 is 5.97 Å². The van der Waals surface area contributed by atoms with Crippen LogP contribution >= 0.6 is 0 Å². The number of carboxylic acids is 1. The van der Waals surface area contributed by atoms with Gasteiger partial charge < -0.3 is 19.7 Å². The quantitative estimate of drug-likeness (QED) is 0.158. The minimum Gasteiger partial charge on any atom is -0.507 e. The topological polar surface area (TPSA) is 178 Å². The molecule has 4 aromatic rings. The standard InChI is InChI=1S/C39H33N3O9/c1-20-7-9-22(10-8-20)40-42-35(46)29-18-28-25(33(31-16-12-24(19-43)51-31)39(29,38(42)50)21-5-3-2-4-6-21)14-15-27-32(28)36(47)41(34(27)45)23-11-13-26(37(48)49)30(44)17-23/h2-14,16-17,27-29,32-33,40,43-44H,15,18-19H2,1H3,(H,48,49)/t27-,28+,29-,32-,33+,39+/m0/s1. The molecule has 0 radical (unpaired) electrons. The number of amides is 4. The average Bonchev–Trinajstić information content (AvgIpc) is 3.77. The third-order valence-corrected chi connectivity index (χ3v) is 11.0. The van der Waals surface area contributed by atoms with Crippen LogP contribution in [0.15, 0.2) is 101 Å². The van der Waals surface area contributed by atoms with Crippen LogP contribution in [0.25, 0.3) is 0 Å². The predicted molar refractivity (Wildman–Crippen MR) is 181 cm³/mol. The van der Waals surface area contributed by atoms with E-state index in [0.29, 0.717) is 22.6 Å². The first-order valence-electron chi connectivity index (χ1n) is 16.7. The Morgan fingerprint density at radius 3 is 2.33 bits per heavy atom. The van der Waals surface area contributed by atoms with E-state index in [1.807, 2.05) is 43.3 Å². The van der Waals surface area contributed by atoms with Crippen molar-refractivity contribution in [1.29, 1.82) is 0 Å². The number of nitrogens with zero attached hydrogens (tertiary/aromatic N) is 2. The second-order valence-electron chi connectivity index (χ2n) is 13.6. The van der Waals surface area contributed by atoms with Crippen molar-refractivity contribution in [2.24, 2.45) is 23.7 Å². The summed E-state index contributed by atoms with van der Waals surface area (Å²) in [5.74, 6) is -7.64. The number of hydrogen-bond acceptors (Lipinski definition) is 9. The van der Waals surface area contributed by atoms with E-state index in [1.54, 1.807) is 36.4 Å². The number of aromatic hydroxyl groups is 1. The number of fused-ring (bicyclic) bond motifs is 4. The minimum absolute atomic E-state index is 0.0358. The molecule has 4 N–H and O–H groups in total. The summed E-state index contributed by atoms with van der Waals surface area (Å²) < 4.78 is 6.19. The van der Waals surface area contributed by atoms with Gasteiger partial charge in [0, 0.05) is 6.07 Å². The zero-order valence-corrected chi connectivity index (χ0v) is 27.4. The van der Waals surface area contributed by atoms with Gasteiger partial charge in [0.2, 0.25) is 11.8 Å². The normalized spacial score (nSPS) is 26.9. The molecule has 1 saturated carbocycles. The van der Waals surface area contributed by atoms with Crippen molar-refractivity contribution in [2.45, 2.75) is 37.7 Å². The van der Waals surface area contributed by atoms with Crippen molar-refractivity contribution in [3.63, 3.8) is 0 Å². The fraction of sp³-hybridized carbons (Fsp3) is 0.256. The Labute approximate surface area is 291 Å². The highest BCUT2D eigenvalue weighted by Gasteiger charge is 2.71. The van der Waals surface area contributed by atoms with E-state index in [-0.39, 0.29) is 29.9 Å². The van der Waals surface area contributed by atoms with Crippen LogP contribution in [0.5, 0.6) is 5.75 Å². The average molecular weight is 688 g/mol. The lowest BCUT2D eigenvalue weighted by Gasteiger charge is -2.49. The molecule has 4 amide bonds. The number of aliphatic hydroxyl groups is 1. The van der Waals surface area contributed by atoms with Crippen molar-refractivity contribution in [3.05, 3.63) is 125 Å². The first-order valence-corrected chi connectivity index (χ1v) is 16.7. The molecular weight excluding hydrogens is 654 g/mol. The second kappa shape index (κ2) is 11.8. The second-order valence-corrected chi connectivity index (χ2v) is 13.6. The summed E-state index contributed by atoms with van der Waals surface area (Å²) in [5.41, 5.74) is 3.98. The number of aryl methyl sites for hydroxylation is 1. The van der Waals surface area contributed by atoms with E-state index in [1.165, 1.54) is 6.07 Å². The third-order valence-electron chi connectivity index (χ3n) is 11.0. The molecule has 12 heteroatoms. The maximum Gasteiger partial charge on any atom is 0.339 e. The smallest absolute Gasteiger partial charge is 0.339 e. The number of imide groups is 2. The number of nitrogens with one attached hydrogen (secondary N) is 1. The van der Waals surface area contributed by atoms with Crippen LogP contribution in [0, 0.1) is 30.6 Å². The molecule has 3 aromatic carbocycles. The Hall–Kier alpha value is -6.01. The molecule has 2 aliphatic carbocycles. The van der Waals surface area contributed by atoms with Gasteiger partial charge in [-0.1, -0.05) is 59.7 Å². The Morgan fingerprint density at radius 1 is 0.922 bits per heavy atom. The number of hydrogen-bond donors (Lipinski definition) is 4. The summed E-state index contributed by atoms with van der Waals surface area (Å²) in [7, 11) is 0. The van der Waals surface area contributed by atoms with Gasteiger partial charge in [-0.15, -0.1) is 0 Å². The number of rotatable bonds is 7. The van der Waals surface area contributed by atoms with Crippen LogP contribution in [-0.4, -0.2) is 49.9 Å². The number of hydrazine groups is 1. The number of anilines is 2. The molecule has 3 heterocycles. The number of benzene rings is 3. The number of allylic oxidation sites excluding steroid dienone is 2. The zero-order valence-electron chi connectivity index (χ0n) is 27.4. The molecule has 1 aromatic heterocycles. The number of aromatic carboxylic acids is 1. The molecule has 4 aliphatic rings. The Morgan fingerprint density at radius 2 is 1.67 bits per heavy atom. The van der Waals surface area contributed by atoms with Gasteiger partial charge in [0.1, 0.15) is 34.9 Å². The molecule has 258 valence electrons. The molecule has 51 heavy (non-hydrogen) atoms. The Kier molecular flexibility index (Phi) is 7.46. The van der Waals surface area contributed by atoms with E-state index in [9.17, 15) is 34.5 Å². The maximum atomic E-state index is 15.1. The lowest BCUT2D eigenvalue weighted by Crippen LogP contribution is -2.53. The Bertz CT molecular complexity index is 2160. The van der Waals surface area contributed by atoms with Crippen LogP contribution in [0.4, 0.5) is 11.4 Å². The number of carbonyl (C=O) groups excluding carboxylic acids is 4. The minimum atomic E-state index is -1.51. The van der Waals surface area contributed by atoms with Crippen LogP contribution in [0.1, 0.15) is 51.8 Å². The van der Waals surface area contributed by atoms with E-state index in [4.69, 9.17) is 4.42 Å². The number of carboxylic acid groups (broad SMARTS) is 1. The fourth-order valence-electron chi connectivity index (χ4n) is 8.78. The molecule has 2 saturated heterocycles. The highest BCUT2D eigenvalue weighted by atomic mass is 16.4. The summed E-state index contributed by atoms with van der Waals surface area (Å²) >= 11 is 0. The molecule has 6 atom stereocenters. The summed E-state index contributed by atoms with van der Waals surface area (Å²) in [5, 5.41) is 30.8. The number of aliphatic hydroxyl groups excluding tert-OH is 1. The molecule has 3 fully saturated rings. The van der Waals surface area contributed by atoms with Crippen molar-refractivity contribution in [1.82, 2.24) is 5.01 Å². The van der Waals surface area contributed by atoms with Crippen LogP contribution in [0.2, 0.25) is 0 Å². The molecule has 0 spiro atoms. The first-order chi connectivity index (χ1) is 24.6. The van der Waals surface area contributed by atoms with E-state index >= 15 is 4.79 Å². The van der Waals surface area contributed by atoms with Gasteiger partial charge in [0.05, 0.1) is 35.0 Å². The van der Waals surface area contributed by atoms with Gasteiger partial charge in [-0.25, -0.2) is 9.69 Å². The SMILES string of the molecule is Cc1ccc(NN2C(=O)[C@@H]3C[C@@H]4C(=CC[C@@H]5C(=O)N(c6ccc(C(=O)O)c(O)c6)C(=O)[C@@H]54)[C@H](c4ccc(CO)o4)[C@]3(c3ccccc3)C2=O)cc1. The van der Waals surface area contributed by atoms with E-state index in [0.717, 1.165) is 27.6 Å². The number of carbonyl (C=O) groups is 5. The first kappa shape index (κ1) is 32.2. The molecular formula is C39H33N3O9. The largest absolute Gasteiger partial charge is 0.507 e. The zero-order chi connectivity index (χ0) is 35.8. The van der Waals surface area contributed by atoms with E-state index < -0.39 is 77.0 Å². The fourth-order valence-corrected chi connectivity index (χ4v) is 8.78. The van der Waals surface area contributed by atoms with E-state index in [2.05, 4.69) is 5.43 Å². The summed E-state index contributed by atoms with van der Waals surface area (Å²) in [6, 6.07) is 23.1. The molecule has 0 unspecified atom stereocenters. The summed E-state index contributed by atoms with van der Waals surface area (Å²) in [4.78, 5) is 70.6. The summed E-state index contributed by atoms with van der Waals surface area (Å²) in [6.45, 7) is 1.53. The number of furan rings is 1. The van der Waals surface area contributed by atoms with Crippen molar-refractivity contribution in [3.8, 4) is 5.75 Å². The van der Waals surface area contributed by atoms with Gasteiger partial charge in [-0.05, 0) is 67.6 Å². The highest BCUT2D eigenvalue weighted by molar-refractivity contribution is 6.23. The maximum absolute atomic E-state index is 15.1. The van der Waals surface area contributed by atoms with Gasteiger partial charge in [0.15, 0.2) is 0 Å². The Balaban J connectivity index is 1.28. The number of phenols is 1. The molecule has 12 nitrogen and oxygen atoms in total. The van der Waals surface area contributed by atoms with Crippen molar-refractivity contribution in [2.75, 3.05) is 10.3 Å². The van der Waals surface area contributed by atoms with Gasteiger partial charge in [0.25, 0.3) is 11.8 Å². The molecule has 8 rings (SSSR count). The molecule has 0 bridgehead atoms. The lowest BCUT2D eigenvalue weighted by atomic mass is 9.50. The predicted octanol–water partition coefficient (Wildman–Crippen LogP) is 4.67. The van der Waals surface area contributed by atoms with Gasteiger partial charge in [-0.3, -0.25) is 24.6 Å². The third kappa shape index (κ3) is 4.66. The van der Waals surface area contributed by atoms with Crippen molar-refractivity contribution < 1.29 is 43.7 Å². The van der Waals surface area contributed by atoms with Crippen LogP contribution in [0.3, 0.4) is 0 Å².